The van der Waals surface area contributed by atoms with E-state index in [9.17, 15) is 0 Å². The largest absolute Gasteiger partial charge is 0.261 e. The van der Waals surface area contributed by atoms with Gasteiger partial charge < -0.3 is 0 Å². The van der Waals surface area contributed by atoms with Gasteiger partial charge in [0, 0.05) is 28.0 Å². The number of nitrogens with zero attached hydrogens (tertiary/aromatic N) is 2. The van der Waals surface area contributed by atoms with E-state index in [1.807, 2.05) is 42.6 Å². The van der Waals surface area contributed by atoms with E-state index in [0.29, 0.717) is 0 Å². The van der Waals surface area contributed by atoms with E-state index in [1.165, 1.54) is 0 Å². The third-order valence-corrected chi connectivity index (χ3v) is 5.76. The summed E-state index contributed by atoms with van der Waals surface area (Å²) < 4.78 is 0. The number of aryl methyl sites for hydroxylation is 1. The Morgan fingerprint density at radius 3 is 2.36 bits per heavy atom. The minimum Gasteiger partial charge on any atom is -0.261 e. The molecule has 28 heavy (non-hydrogen) atoms. The second-order valence-electron chi connectivity index (χ2n) is 6.36. The third kappa shape index (κ3) is 4.52. The number of halogens is 2. The zero-order valence-corrected chi connectivity index (χ0v) is 18.7. The lowest BCUT2D eigenvalue weighted by molar-refractivity contribution is 0.883. The highest BCUT2D eigenvalue weighted by molar-refractivity contribution is 8.93. The fourth-order valence-electron chi connectivity index (χ4n) is 3.04. The van der Waals surface area contributed by atoms with Crippen LogP contribution >= 0.6 is 39.9 Å². The Balaban J connectivity index is 0.00000225. The van der Waals surface area contributed by atoms with Crippen LogP contribution in [0.25, 0.3) is 32.3 Å². The molecule has 0 spiro atoms. The summed E-state index contributed by atoms with van der Waals surface area (Å²) >= 11 is 7.80. The molecule has 0 aliphatic carbocycles. The van der Waals surface area contributed by atoms with E-state index >= 15 is 0 Å². The van der Waals surface area contributed by atoms with Crippen LogP contribution in [-0.4, -0.2) is 9.97 Å². The average molecular weight is 472 g/mol. The summed E-state index contributed by atoms with van der Waals surface area (Å²) in [6.45, 7) is 2.17. The van der Waals surface area contributed by atoms with Crippen molar-refractivity contribution < 1.29 is 0 Å². The fourth-order valence-corrected chi connectivity index (χ4v) is 4.25. The average Bonchev–Trinajstić information content (AvgIpc) is 3.15. The monoisotopic (exact) mass is 470 g/mol. The van der Waals surface area contributed by atoms with Crippen LogP contribution in [0.3, 0.4) is 0 Å². The van der Waals surface area contributed by atoms with Crippen molar-refractivity contribution in [1.82, 2.24) is 9.97 Å². The summed E-state index contributed by atoms with van der Waals surface area (Å²) in [5.74, 6) is 0. The molecule has 0 N–H and O–H groups in total. The van der Waals surface area contributed by atoms with Gasteiger partial charge in [-0.05, 0) is 36.2 Å². The number of aromatic nitrogens is 2. The minimum absolute atomic E-state index is 0. The maximum atomic E-state index is 6.08. The SMILES string of the molecule is Br.CCCc1cc(-c2nc(-c3ccccc3)c(-c3ccc(Cl)cc3)s2)ccn1. The van der Waals surface area contributed by atoms with Crippen LogP contribution in [0.1, 0.15) is 19.0 Å². The van der Waals surface area contributed by atoms with Crippen LogP contribution in [0.2, 0.25) is 5.02 Å². The van der Waals surface area contributed by atoms with Crippen molar-refractivity contribution in [2.75, 3.05) is 0 Å². The Kier molecular flexibility index (Phi) is 7.00. The van der Waals surface area contributed by atoms with Gasteiger partial charge in [-0.2, -0.15) is 0 Å². The van der Waals surface area contributed by atoms with E-state index < -0.39 is 0 Å². The number of pyridine rings is 1. The van der Waals surface area contributed by atoms with Gasteiger partial charge >= 0.3 is 0 Å². The number of hydrogen-bond acceptors (Lipinski definition) is 3. The first-order valence-corrected chi connectivity index (χ1v) is 10.2. The van der Waals surface area contributed by atoms with Gasteiger partial charge in [-0.3, -0.25) is 4.98 Å². The van der Waals surface area contributed by atoms with Gasteiger partial charge in [-0.25, -0.2) is 4.98 Å². The highest BCUT2D eigenvalue weighted by atomic mass is 79.9. The standard InChI is InChI=1S/C23H19ClN2S.BrH/c1-2-6-20-15-18(13-14-25-20)23-26-21(16-7-4-3-5-8-16)22(27-23)17-9-11-19(24)12-10-17;/h3-5,7-15H,2,6H2,1H3;1H. The molecule has 0 aliphatic rings. The molecule has 0 bridgehead atoms. The first kappa shape index (κ1) is 20.7. The first-order chi connectivity index (χ1) is 13.2. The van der Waals surface area contributed by atoms with Gasteiger partial charge in [-0.15, -0.1) is 28.3 Å². The van der Waals surface area contributed by atoms with Crippen molar-refractivity contribution in [3.8, 4) is 32.3 Å². The maximum Gasteiger partial charge on any atom is 0.124 e. The van der Waals surface area contributed by atoms with Gasteiger partial charge in [0.05, 0.1) is 10.6 Å². The van der Waals surface area contributed by atoms with Gasteiger partial charge in [-0.1, -0.05) is 67.4 Å². The van der Waals surface area contributed by atoms with Crippen molar-refractivity contribution in [1.29, 1.82) is 0 Å². The molecule has 5 heteroatoms. The predicted octanol–water partition coefficient (Wildman–Crippen LogP) is 7.72. The van der Waals surface area contributed by atoms with Crippen molar-refractivity contribution in [3.63, 3.8) is 0 Å². The number of benzene rings is 2. The Hall–Kier alpha value is -2.01. The summed E-state index contributed by atoms with van der Waals surface area (Å²) in [6.07, 6.45) is 3.94. The van der Waals surface area contributed by atoms with Crippen LogP contribution in [0.15, 0.2) is 72.9 Å². The Bertz CT molecular complexity index is 1050. The molecular formula is C23H20BrClN2S. The normalized spacial score (nSPS) is 10.5. The molecule has 2 aromatic carbocycles. The van der Waals surface area contributed by atoms with E-state index in [2.05, 4.69) is 42.2 Å². The molecule has 142 valence electrons. The number of thiazole rings is 1. The van der Waals surface area contributed by atoms with Crippen LogP contribution in [0.5, 0.6) is 0 Å². The van der Waals surface area contributed by atoms with E-state index in [0.717, 1.165) is 55.8 Å². The smallest absolute Gasteiger partial charge is 0.124 e. The van der Waals surface area contributed by atoms with Crippen molar-refractivity contribution in [2.45, 2.75) is 19.8 Å². The molecule has 0 radical (unpaired) electrons. The lowest BCUT2D eigenvalue weighted by atomic mass is 10.1. The molecule has 0 saturated heterocycles. The van der Waals surface area contributed by atoms with Crippen LogP contribution in [0.4, 0.5) is 0 Å². The Morgan fingerprint density at radius 1 is 0.893 bits per heavy atom. The topological polar surface area (TPSA) is 25.8 Å². The number of hydrogen-bond donors (Lipinski definition) is 0. The molecule has 4 aromatic rings. The second kappa shape index (κ2) is 9.46. The van der Waals surface area contributed by atoms with Crippen molar-refractivity contribution in [3.05, 3.63) is 83.6 Å². The van der Waals surface area contributed by atoms with Gasteiger partial charge in [0.1, 0.15) is 5.01 Å². The third-order valence-electron chi connectivity index (χ3n) is 4.35. The molecule has 0 atom stereocenters. The molecule has 2 nitrogen and oxygen atoms in total. The molecule has 2 heterocycles. The highest BCUT2D eigenvalue weighted by Crippen LogP contribution is 2.40. The van der Waals surface area contributed by atoms with Crippen LogP contribution in [0, 0.1) is 0 Å². The lowest BCUT2D eigenvalue weighted by Crippen LogP contribution is -1.89. The van der Waals surface area contributed by atoms with Crippen molar-refractivity contribution in [2.24, 2.45) is 0 Å². The minimum atomic E-state index is 0. The Labute approximate surface area is 185 Å². The zero-order chi connectivity index (χ0) is 18.6. The summed E-state index contributed by atoms with van der Waals surface area (Å²) in [5, 5.41) is 1.75. The summed E-state index contributed by atoms with van der Waals surface area (Å²) in [6, 6.07) is 22.5. The molecule has 2 aromatic heterocycles. The molecule has 0 aliphatic heterocycles. The van der Waals surface area contributed by atoms with Crippen LogP contribution in [-0.2, 0) is 6.42 Å². The maximum absolute atomic E-state index is 6.08. The molecule has 0 unspecified atom stereocenters. The van der Waals surface area contributed by atoms with Gasteiger partial charge in [0.25, 0.3) is 0 Å². The molecule has 0 saturated carbocycles. The van der Waals surface area contributed by atoms with E-state index in [-0.39, 0.29) is 17.0 Å². The summed E-state index contributed by atoms with van der Waals surface area (Å²) in [4.78, 5) is 10.6. The zero-order valence-electron chi connectivity index (χ0n) is 15.4. The lowest BCUT2D eigenvalue weighted by Gasteiger charge is -2.02. The number of rotatable bonds is 5. The van der Waals surface area contributed by atoms with Crippen LogP contribution < -0.4 is 0 Å². The van der Waals surface area contributed by atoms with E-state index in [4.69, 9.17) is 16.6 Å². The summed E-state index contributed by atoms with van der Waals surface area (Å²) in [7, 11) is 0. The molecule has 0 amide bonds. The quantitative estimate of drug-likeness (QED) is 0.298. The van der Waals surface area contributed by atoms with Crippen molar-refractivity contribution >= 4 is 39.9 Å². The highest BCUT2D eigenvalue weighted by Gasteiger charge is 2.16. The first-order valence-electron chi connectivity index (χ1n) is 9.02. The molecular weight excluding hydrogens is 452 g/mol. The van der Waals surface area contributed by atoms with Gasteiger partial charge in [0.15, 0.2) is 0 Å². The second-order valence-corrected chi connectivity index (χ2v) is 7.79. The molecule has 0 fully saturated rings. The van der Waals surface area contributed by atoms with E-state index in [1.54, 1.807) is 11.3 Å². The predicted molar refractivity (Wildman–Crippen MR) is 126 cm³/mol. The molecule has 4 rings (SSSR count). The summed E-state index contributed by atoms with van der Waals surface area (Å²) in [5.41, 5.74) is 5.49. The Morgan fingerprint density at radius 2 is 1.64 bits per heavy atom. The van der Waals surface area contributed by atoms with Gasteiger partial charge in [0.2, 0.25) is 0 Å². The fraction of sp³-hybridized carbons (Fsp3) is 0.130.